The maximum atomic E-state index is 12.1. The van der Waals surface area contributed by atoms with Crippen molar-refractivity contribution in [3.8, 4) is 0 Å². The van der Waals surface area contributed by atoms with E-state index in [-0.39, 0.29) is 21.5 Å². The Balaban J connectivity index is 2.33. The third-order valence-corrected chi connectivity index (χ3v) is 5.72. The third kappa shape index (κ3) is 3.40. The van der Waals surface area contributed by atoms with Crippen LogP contribution in [0.25, 0.3) is 0 Å². The predicted octanol–water partition coefficient (Wildman–Crippen LogP) is 3.35. The maximum absolute atomic E-state index is 12.1. The van der Waals surface area contributed by atoms with Crippen LogP contribution in [-0.2, 0) is 16.6 Å². The van der Waals surface area contributed by atoms with E-state index < -0.39 is 10.0 Å². The summed E-state index contributed by atoms with van der Waals surface area (Å²) in [6.07, 6.45) is 0. The standard InChI is InChI=1S/C11H9Cl2NO3S2/c12-7-1-3-9(13)10(5-7)14-19(16,17)11-4-2-8(6-15)18-11/h1-5,14-15H,6H2. The van der Waals surface area contributed by atoms with Gasteiger partial charge in [-0.25, -0.2) is 8.42 Å². The van der Waals surface area contributed by atoms with Gasteiger partial charge in [-0.05, 0) is 30.3 Å². The van der Waals surface area contributed by atoms with Crippen molar-refractivity contribution >= 4 is 50.2 Å². The Morgan fingerprint density at radius 1 is 1.21 bits per heavy atom. The summed E-state index contributed by atoms with van der Waals surface area (Å²) in [5.41, 5.74) is 0.216. The molecule has 0 radical (unpaired) electrons. The van der Waals surface area contributed by atoms with Gasteiger partial charge in [0.25, 0.3) is 10.0 Å². The van der Waals surface area contributed by atoms with Crippen LogP contribution in [0.5, 0.6) is 0 Å². The summed E-state index contributed by atoms with van der Waals surface area (Å²) in [4.78, 5) is 0.567. The van der Waals surface area contributed by atoms with Crippen molar-refractivity contribution in [3.05, 3.63) is 45.3 Å². The smallest absolute Gasteiger partial charge is 0.271 e. The van der Waals surface area contributed by atoms with Gasteiger partial charge in [0.1, 0.15) is 4.21 Å². The van der Waals surface area contributed by atoms with E-state index >= 15 is 0 Å². The second-order valence-electron chi connectivity index (χ2n) is 3.61. The average Bonchev–Trinajstić information content (AvgIpc) is 2.83. The minimum absolute atomic E-state index is 0.104. The SMILES string of the molecule is O=S(=O)(Nc1cc(Cl)ccc1Cl)c1ccc(CO)s1. The van der Waals surface area contributed by atoms with E-state index in [0.717, 1.165) is 11.3 Å². The second-order valence-corrected chi connectivity index (χ2v) is 7.53. The molecule has 1 aromatic carbocycles. The number of thiophene rings is 1. The van der Waals surface area contributed by atoms with Gasteiger partial charge < -0.3 is 5.11 Å². The van der Waals surface area contributed by atoms with Crippen LogP contribution in [0, 0.1) is 0 Å². The van der Waals surface area contributed by atoms with Crippen molar-refractivity contribution in [2.75, 3.05) is 4.72 Å². The Kier molecular flexibility index (Phi) is 4.37. The number of halogens is 2. The monoisotopic (exact) mass is 337 g/mol. The van der Waals surface area contributed by atoms with Crippen molar-refractivity contribution < 1.29 is 13.5 Å². The highest BCUT2D eigenvalue weighted by Gasteiger charge is 2.18. The van der Waals surface area contributed by atoms with Gasteiger partial charge in [0.2, 0.25) is 0 Å². The largest absolute Gasteiger partial charge is 0.391 e. The fourth-order valence-corrected chi connectivity index (χ4v) is 4.04. The van der Waals surface area contributed by atoms with Crippen molar-refractivity contribution in [1.29, 1.82) is 0 Å². The van der Waals surface area contributed by atoms with Crippen molar-refractivity contribution in [1.82, 2.24) is 0 Å². The van der Waals surface area contributed by atoms with E-state index in [0.29, 0.717) is 9.90 Å². The van der Waals surface area contributed by atoms with Gasteiger partial charge in [-0.2, -0.15) is 0 Å². The third-order valence-electron chi connectivity index (χ3n) is 2.23. The van der Waals surface area contributed by atoms with Gasteiger partial charge in [-0.1, -0.05) is 23.2 Å². The van der Waals surface area contributed by atoms with Crippen molar-refractivity contribution in [2.24, 2.45) is 0 Å². The van der Waals surface area contributed by atoms with Crippen LogP contribution in [0.15, 0.2) is 34.5 Å². The Morgan fingerprint density at radius 2 is 1.95 bits per heavy atom. The molecular weight excluding hydrogens is 329 g/mol. The number of nitrogens with one attached hydrogen (secondary N) is 1. The number of hydrogen-bond acceptors (Lipinski definition) is 4. The molecule has 0 fully saturated rings. The minimum atomic E-state index is -3.73. The molecule has 0 spiro atoms. The van der Waals surface area contributed by atoms with E-state index in [1.165, 1.54) is 18.2 Å². The molecule has 2 aromatic rings. The van der Waals surface area contributed by atoms with Crippen LogP contribution in [0.1, 0.15) is 4.88 Å². The molecule has 0 aliphatic heterocycles. The zero-order valence-electron chi connectivity index (χ0n) is 9.43. The highest BCUT2D eigenvalue weighted by atomic mass is 35.5. The van der Waals surface area contributed by atoms with E-state index in [4.69, 9.17) is 28.3 Å². The van der Waals surface area contributed by atoms with Gasteiger partial charge >= 0.3 is 0 Å². The highest BCUT2D eigenvalue weighted by Crippen LogP contribution is 2.29. The molecule has 0 amide bonds. The molecule has 19 heavy (non-hydrogen) atoms. The van der Waals surface area contributed by atoms with Gasteiger partial charge in [0, 0.05) is 9.90 Å². The maximum Gasteiger partial charge on any atom is 0.271 e. The number of aliphatic hydroxyl groups is 1. The Bertz CT molecular complexity index is 698. The second kappa shape index (κ2) is 5.68. The molecule has 0 unspecified atom stereocenters. The molecule has 0 aliphatic carbocycles. The zero-order chi connectivity index (χ0) is 14.0. The lowest BCUT2D eigenvalue weighted by Crippen LogP contribution is -2.11. The van der Waals surface area contributed by atoms with Gasteiger partial charge in [0.05, 0.1) is 17.3 Å². The summed E-state index contributed by atoms with van der Waals surface area (Å²) < 4.78 is 26.7. The lowest BCUT2D eigenvalue weighted by atomic mass is 10.3. The first-order valence-electron chi connectivity index (χ1n) is 5.10. The summed E-state index contributed by atoms with van der Waals surface area (Å²) in [6, 6.07) is 7.49. The number of anilines is 1. The number of hydrogen-bond donors (Lipinski definition) is 2. The van der Waals surface area contributed by atoms with E-state index in [2.05, 4.69) is 4.72 Å². The molecule has 1 aromatic heterocycles. The summed E-state index contributed by atoms with van der Waals surface area (Å²) >= 11 is 12.7. The Hall–Kier alpha value is -0.790. The molecule has 0 atom stereocenters. The van der Waals surface area contributed by atoms with E-state index in [1.54, 1.807) is 12.1 Å². The average molecular weight is 338 g/mol. The van der Waals surface area contributed by atoms with Crippen molar-refractivity contribution in [3.63, 3.8) is 0 Å². The summed E-state index contributed by atoms with van der Waals surface area (Å²) in [5.74, 6) is 0. The zero-order valence-corrected chi connectivity index (χ0v) is 12.6. The molecule has 0 saturated heterocycles. The summed E-state index contributed by atoms with van der Waals surface area (Å²) in [7, 11) is -3.73. The van der Waals surface area contributed by atoms with Gasteiger partial charge in [0.15, 0.2) is 0 Å². The van der Waals surface area contributed by atoms with Crippen LogP contribution in [0.3, 0.4) is 0 Å². The van der Waals surface area contributed by atoms with Crippen molar-refractivity contribution in [2.45, 2.75) is 10.8 Å². The first-order chi connectivity index (χ1) is 8.92. The Morgan fingerprint density at radius 3 is 2.58 bits per heavy atom. The molecule has 4 nitrogen and oxygen atoms in total. The van der Waals surface area contributed by atoms with Crippen LogP contribution in [-0.4, -0.2) is 13.5 Å². The van der Waals surface area contributed by atoms with Crippen LogP contribution < -0.4 is 4.72 Å². The lowest BCUT2D eigenvalue weighted by molar-refractivity contribution is 0.285. The molecule has 0 saturated carbocycles. The molecule has 2 N–H and O–H groups in total. The number of benzene rings is 1. The number of sulfonamides is 1. The van der Waals surface area contributed by atoms with Crippen LogP contribution >= 0.6 is 34.5 Å². The minimum Gasteiger partial charge on any atom is -0.391 e. The first-order valence-corrected chi connectivity index (χ1v) is 8.15. The molecule has 0 bridgehead atoms. The molecular formula is C11H9Cl2NO3S2. The normalized spacial score (nSPS) is 11.5. The van der Waals surface area contributed by atoms with Gasteiger partial charge in [-0.15, -0.1) is 11.3 Å². The lowest BCUT2D eigenvalue weighted by Gasteiger charge is -2.08. The fourth-order valence-electron chi connectivity index (χ4n) is 1.36. The van der Waals surface area contributed by atoms with E-state index in [1.807, 2.05) is 0 Å². The summed E-state index contributed by atoms with van der Waals surface area (Å²) in [6.45, 7) is -0.196. The molecule has 2 rings (SSSR count). The molecule has 102 valence electrons. The van der Waals surface area contributed by atoms with E-state index in [9.17, 15) is 8.42 Å². The molecule has 8 heteroatoms. The van der Waals surface area contributed by atoms with Crippen LogP contribution in [0.4, 0.5) is 5.69 Å². The highest BCUT2D eigenvalue weighted by molar-refractivity contribution is 7.94. The quantitative estimate of drug-likeness (QED) is 0.898. The topological polar surface area (TPSA) is 66.4 Å². The molecule has 0 aliphatic rings. The number of rotatable bonds is 4. The summed E-state index contributed by atoms with van der Waals surface area (Å²) in [5, 5.41) is 9.58. The predicted molar refractivity (Wildman–Crippen MR) is 77.5 cm³/mol. The van der Waals surface area contributed by atoms with Crippen LogP contribution in [0.2, 0.25) is 10.0 Å². The Labute approximate surface area is 124 Å². The fraction of sp³-hybridized carbons (Fsp3) is 0.0909. The first kappa shape index (κ1) is 14.6. The van der Waals surface area contributed by atoms with Gasteiger partial charge in [-0.3, -0.25) is 4.72 Å². The molecule has 1 heterocycles. The number of aliphatic hydroxyl groups excluding tert-OH is 1.